The highest BCUT2D eigenvalue weighted by molar-refractivity contribution is 6.65. The minimum Gasteiger partial charge on any atom is -0.399 e. The van der Waals surface area contributed by atoms with Crippen molar-refractivity contribution in [3.05, 3.63) is 23.0 Å². The summed E-state index contributed by atoms with van der Waals surface area (Å²) in [4.78, 5) is 3.57. The summed E-state index contributed by atoms with van der Waals surface area (Å²) in [5.41, 5.74) is -2.11. The highest BCUT2D eigenvalue weighted by Crippen LogP contribution is 2.37. The molecule has 2 heterocycles. The largest absolute Gasteiger partial charge is 0.498 e. The molecule has 3 nitrogen and oxygen atoms in total. The summed E-state index contributed by atoms with van der Waals surface area (Å²) in [7, 11) is -0.970. The zero-order chi connectivity index (χ0) is 15.3. The Kier molecular flexibility index (Phi) is 3.60. The molecule has 0 amide bonds. The molecule has 1 aromatic heterocycles. The molecule has 1 aromatic rings. The number of hydrogen-bond donors (Lipinski definition) is 0. The van der Waals surface area contributed by atoms with E-state index in [1.54, 1.807) is 0 Å². The van der Waals surface area contributed by atoms with Gasteiger partial charge in [-0.25, -0.2) is 4.98 Å². The van der Waals surface area contributed by atoms with Crippen LogP contribution in [0, 0.1) is 0 Å². The number of aromatic nitrogens is 1. The van der Waals surface area contributed by atoms with Crippen molar-refractivity contribution >= 4 is 24.2 Å². The molecule has 0 radical (unpaired) electrons. The summed E-state index contributed by atoms with van der Waals surface area (Å²) < 4.78 is 49.5. The Morgan fingerprint density at radius 2 is 1.65 bits per heavy atom. The second-order valence-electron chi connectivity index (χ2n) is 5.69. The SMILES string of the molecule is CC1(C)OB(c2cc(C(F)(F)F)cnc2Cl)OC1(C)C. The molecule has 0 unspecified atom stereocenters. The average molecular weight is 308 g/mol. The first-order chi connectivity index (χ1) is 8.94. The quantitative estimate of drug-likeness (QED) is 0.590. The fraction of sp³-hybridized carbons (Fsp3) is 0.583. The van der Waals surface area contributed by atoms with Crippen LogP contribution >= 0.6 is 11.6 Å². The minimum atomic E-state index is -4.49. The van der Waals surface area contributed by atoms with Crippen molar-refractivity contribution in [2.75, 3.05) is 0 Å². The Morgan fingerprint density at radius 3 is 2.10 bits per heavy atom. The summed E-state index contributed by atoms with van der Waals surface area (Å²) in [5.74, 6) is 0. The fourth-order valence-electron chi connectivity index (χ4n) is 1.76. The average Bonchev–Trinajstić information content (AvgIpc) is 2.46. The van der Waals surface area contributed by atoms with Crippen LogP contribution in [-0.2, 0) is 15.5 Å². The van der Waals surface area contributed by atoms with E-state index in [2.05, 4.69) is 4.98 Å². The first-order valence-electron chi connectivity index (χ1n) is 6.02. The predicted octanol–water partition coefficient (Wildman–Crippen LogP) is 3.05. The number of nitrogens with zero attached hydrogens (tertiary/aromatic N) is 1. The van der Waals surface area contributed by atoms with Crippen molar-refractivity contribution < 1.29 is 22.5 Å². The van der Waals surface area contributed by atoms with Gasteiger partial charge in [0.25, 0.3) is 0 Å². The predicted molar refractivity (Wildman–Crippen MR) is 70.0 cm³/mol. The summed E-state index contributed by atoms with van der Waals surface area (Å²) >= 11 is 5.87. The first kappa shape index (κ1) is 15.6. The van der Waals surface area contributed by atoms with Crippen molar-refractivity contribution in [2.24, 2.45) is 0 Å². The molecular formula is C12H14BClF3NO2. The topological polar surface area (TPSA) is 31.4 Å². The van der Waals surface area contributed by atoms with Crippen molar-refractivity contribution in [2.45, 2.75) is 45.1 Å². The van der Waals surface area contributed by atoms with Crippen molar-refractivity contribution in [3.63, 3.8) is 0 Å². The van der Waals surface area contributed by atoms with Gasteiger partial charge in [-0.15, -0.1) is 0 Å². The second-order valence-corrected chi connectivity index (χ2v) is 6.05. The monoisotopic (exact) mass is 307 g/mol. The summed E-state index contributed by atoms with van der Waals surface area (Å²) in [6.45, 7) is 7.23. The molecule has 0 saturated carbocycles. The number of hydrogen-bond acceptors (Lipinski definition) is 3. The van der Waals surface area contributed by atoms with E-state index in [1.807, 2.05) is 27.7 Å². The van der Waals surface area contributed by atoms with Crippen LogP contribution in [0.2, 0.25) is 5.15 Å². The fourth-order valence-corrected chi connectivity index (χ4v) is 1.95. The molecule has 0 N–H and O–H groups in total. The normalized spacial score (nSPS) is 21.3. The van der Waals surface area contributed by atoms with Crippen molar-refractivity contribution in [1.29, 1.82) is 0 Å². The van der Waals surface area contributed by atoms with E-state index < -0.39 is 30.1 Å². The lowest BCUT2D eigenvalue weighted by Crippen LogP contribution is -2.41. The zero-order valence-corrected chi connectivity index (χ0v) is 12.3. The molecule has 0 atom stereocenters. The van der Waals surface area contributed by atoms with Crippen LogP contribution < -0.4 is 5.46 Å². The Morgan fingerprint density at radius 1 is 1.15 bits per heavy atom. The maximum absolute atomic E-state index is 12.7. The van der Waals surface area contributed by atoms with Gasteiger partial charge in [0.2, 0.25) is 0 Å². The van der Waals surface area contributed by atoms with Gasteiger partial charge in [0.15, 0.2) is 0 Å². The van der Waals surface area contributed by atoms with E-state index in [9.17, 15) is 13.2 Å². The van der Waals surface area contributed by atoms with Gasteiger partial charge in [-0.05, 0) is 33.8 Å². The maximum atomic E-state index is 12.7. The van der Waals surface area contributed by atoms with Gasteiger partial charge in [0.1, 0.15) is 5.15 Å². The van der Waals surface area contributed by atoms with E-state index in [0.717, 1.165) is 6.07 Å². The van der Waals surface area contributed by atoms with Crippen LogP contribution in [0.4, 0.5) is 13.2 Å². The van der Waals surface area contributed by atoms with Crippen LogP contribution in [0.3, 0.4) is 0 Å². The Hall–Kier alpha value is -0.785. The van der Waals surface area contributed by atoms with Gasteiger partial charge in [-0.2, -0.15) is 13.2 Å². The molecule has 2 rings (SSSR count). The van der Waals surface area contributed by atoms with Crippen molar-refractivity contribution in [1.82, 2.24) is 4.98 Å². The van der Waals surface area contributed by atoms with Gasteiger partial charge >= 0.3 is 13.3 Å². The maximum Gasteiger partial charge on any atom is 0.498 e. The third kappa shape index (κ3) is 2.66. The molecule has 110 valence electrons. The van der Waals surface area contributed by atoms with Crippen LogP contribution in [0.15, 0.2) is 12.3 Å². The molecule has 1 aliphatic rings. The number of alkyl halides is 3. The van der Waals surface area contributed by atoms with Crippen LogP contribution in [0.25, 0.3) is 0 Å². The lowest BCUT2D eigenvalue weighted by molar-refractivity contribution is -0.137. The molecule has 1 saturated heterocycles. The molecule has 8 heteroatoms. The zero-order valence-electron chi connectivity index (χ0n) is 11.5. The molecule has 1 aliphatic heterocycles. The van der Waals surface area contributed by atoms with E-state index in [4.69, 9.17) is 20.9 Å². The Bertz CT molecular complexity index is 518. The summed E-state index contributed by atoms with van der Waals surface area (Å²) in [5, 5.41) is -0.0588. The smallest absolute Gasteiger partial charge is 0.399 e. The summed E-state index contributed by atoms with van der Waals surface area (Å²) in [6.07, 6.45) is -3.80. The minimum absolute atomic E-state index is 0.0588. The van der Waals surface area contributed by atoms with E-state index >= 15 is 0 Å². The Balaban J connectivity index is 2.40. The second kappa shape index (κ2) is 4.61. The number of rotatable bonds is 1. The van der Waals surface area contributed by atoms with Crippen LogP contribution in [0.1, 0.15) is 33.3 Å². The standard InChI is InChI=1S/C12H14BClF3NO2/c1-10(2)11(3,4)20-13(19-10)8-5-7(12(15,16)17)6-18-9(8)14/h5-6H,1-4H3. The van der Waals surface area contributed by atoms with E-state index in [0.29, 0.717) is 6.20 Å². The lowest BCUT2D eigenvalue weighted by atomic mass is 9.79. The Labute approximate surface area is 120 Å². The van der Waals surface area contributed by atoms with E-state index in [-0.39, 0.29) is 10.6 Å². The van der Waals surface area contributed by atoms with Crippen molar-refractivity contribution in [3.8, 4) is 0 Å². The lowest BCUT2D eigenvalue weighted by Gasteiger charge is -2.32. The van der Waals surface area contributed by atoms with Gasteiger partial charge in [0, 0.05) is 11.7 Å². The molecule has 0 bridgehead atoms. The molecule has 0 aliphatic carbocycles. The number of pyridine rings is 1. The van der Waals surface area contributed by atoms with Crippen LogP contribution in [0.5, 0.6) is 0 Å². The van der Waals surface area contributed by atoms with Gasteiger partial charge < -0.3 is 9.31 Å². The third-order valence-corrected chi connectivity index (χ3v) is 4.02. The number of halogens is 4. The third-order valence-electron chi connectivity index (χ3n) is 3.70. The van der Waals surface area contributed by atoms with Gasteiger partial charge in [-0.1, -0.05) is 11.6 Å². The molecule has 0 spiro atoms. The molecular weight excluding hydrogens is 293 g/mol. The highest BCUT2D eigenvalue weighted by atomic mass is 35.5. The molecule has 1 fully saturated rings. The van der Waals surface area contributed by atoms with Gasteiger partial charge in [-0.3, -0.25) is 0 Å². The first-order valence-corrected chi connectivity index (χ1v) is 6.40. The molecule has 0 aromatic carbocycles. The highest BCUT2D eigenvalue weighted by Gasteiger charge is 2.52. The summed E-state index contributed by atoms with van der Waals surface area (Å²) in [6, 6.07) is 0.914. The van der Waals surface area contributed by atoms with E-state index in [1.165, 1.54) is 0 Å². The van der Waals surface area contributed by atoms with Gasteiger partial charge in [0.05, 0.1) is 16.8 Å². The molecule has 20 heavy (non-hydrogen) atoms. The van der Waals surface area contributed by atoms with Crippen LogP contribution in [-0.4, -0.2) is 23.3 Å².